The largest absolute Gasteiger partial charge is 1.00 e. The van der Waals surface area contributed by atoms with E-state index in [0.29, 0.717) is 0 Å². The van der Waals surface area contributed by atoms with Gasteiger partial charge in [-0.25, -0.2) is 0 Å². The number of morpholine rings is 1. The van der Waals surface area contributed by atoms with Crippen LogP contribution in [0.3, 0.4) is 0 Å². The number of nitrogens with one attached hydrogen (secondary N) is 1. The van der Waals surface area contributed by atoms with Gasteiger partial charge in [0.25, 0.3) is 0 Å². The number of hydrogen-bond acceptors (Lipinski definition) is 4. The van der Waals surface area contributed by atoms with Gasteiger partial charge >= 0.3 is 0 Å². The number of hydrogen-bond donors (Lipinski definition) is 1. The zero-order valence-electron chi connectivity index (χ0n) is 10.3. The first-order valence-corrected chi connectivity index (χ1v) is 5.86. The fourth-order valence-electron chi connectivity index (χ4n) is 1.78. The van der Waals surface area contributed by atoms with E-state index in [0.717, 1.165) is 51.6 Å². The Morgan fingerprint density at radius 2 is 2.11 bits per heavy atom. The molecule has 0 unspecified atom stereocenters. The molecule has 2 heterocycles. The zero-order valence-corrected chi connectivity index (χ0v) is 12.3. The van der Waals surface area contributed by atoms with Crippen LogP contribution in [-0.2, 0) is 28.4 Å². The second-order valence-electron chi connectivity index (χ2n) is 3.95. The molecule has 2 rings (SSSR count). The third-order valence-corrected chi connectivity index (χ3v) is 2.74. The molecular formula is C12H21ClMnN3O-. The summed E-state index contributed by atoms with van der Waals surface area (Å²) in [6, 6.07) is 6.00. The minimum atomic E-state index is 0. The number of ether oxygens (including phenoxy) is 1. The maximum absolute atomic E-state index is 5.30. The average molecular weight is 314 g/mol. The molecule has 4 nitrogen and oxygen atoms in total. The molecule has 0 aliphatic carbocycles. The van der Waals surface area contributed by atoms with Crippen LogP contribution in [0.15, 0.2) is 24.4 Å². The van der Waals surface area contributed by atoms with Gasteiger partial charge in [-0.05, 0) is 12.1 Å². The van der Waals surface area contributed by atoms with Crippen molar-refractivity contribution in [2.24, 2.45) is 0 Å². The molecule has 105 valence electrons. The summed E-state index contributed by atoms with van der Waals surface area (Å²) in [5.74, 6) is 0. The first-order valence-electron chi connectivity index (χ1n) is 5.86. The Kier molecular flexibility index (Phi) is 10.6. The van der Waals surface area contributed by atoms with Gasteiger partial charge in [0, 0.05) is 57.4 Å². The van der Waals surface area contributed by atoms with Gasteiger partial charge in [-0.15, -0.1) is 0 Å². The maximum Gasteiger partial charge on any atom is 0.0594 e. The number of halogens is 1. The van der Waals surface area contributed by atoms with Crippen LogP contribution in [-0.4, -0.2) is 49.3 Å². The molecule has 18 heavy (non-hydrogen) atoms. The molecule has 1 N–H and O–H groups in total. The summed E-state index contributed by atoms with van der Waals surface area (Å²) < 4.78 is 5.30. The van der Waals surface area contributed by atoms with Crippen LogP contribution in [0.1, 0.15) is 7.12 Å². The molecule has 1 fully saturated rings. The van der Waals surface area contributed by atoms with Crippen LogP contribution in [0.5, 0.6) is 0 Å². The van der Waals surface area contributed by atoms with Crippen LogP contribution >= 0.6 is 0 Å². The minimum Gasteiger partial charge on any atom is -1.00 e. The molecule has 1 saturated heterocycles. The summed E-state index contributed by atoms with van der Waals surface area (Å²) >= 11 is 0. The van der Waals surface area contributed by atoms with Gasteiger partial charge in [-0.1, -0.05) is 6.07 Å². The summed E-state index contributed by atoms with van der Waals surface area (Å²) in [6.07, 6.45) is 1.83. The fraction of sp³-hybridized carbons (Fsp3) is 0.583. The quantitative estimate of drug-likeness (QED) is 0.492. The first-order chi connectivity index (χ1) is 7.95. The molecule has 1 aromatic heterocycles. The van der Waals surface area contributed by atoms with Crippen LogP contribution in [0, 0.1) is 0 Å². The predicted octanol–water partition coefficient (Wildman–Crippen LogP) is -2.25. The van der Waals surface area contributed by atoms with Crippen molar-refractivity contribution in [2.75, 3.05) is 39.4 Å². The van der Waals surface area contributed by atoms with Crippen molar-refractivity contribution in [3.05, 3.63) is 30.1 Å². The molecule has 6 heteroatoms. The molecular weight excluding hydrogens is 293 g/mol. The number of nitrogens with zero attached hydrogens (tertiary/aromatic N) is 2. The summed E-state index contributed by atoms with van der Waals surface area (Å²) in [7, 11) is 0. The van der Waals surface area contributed by atoms with Gasteiger partial charge < -0.3 is 22.5 Å². The SMILES string of the molecule is [Cl-].[HH].[Mn].c1ccc(CNCCN2CCOCC2)nc1. The first kappa shape index (κ1) is 17.8. The van der Waals surface area contributed by atoms with Gasteiger partial charge in [0.1, 0.15) is 0 Å². The summed E-state index contributed by atoms with van der Waals surface area (Å²) in [5.41, 5.74) is 1.10. The monoisotopic (exact) mass is 313 g/mol. The Morgan fingerprint density at radius 1 is 1.33 bits per heavy atom. The molecule has 1 aliphatic heterocycles. The molecule has 1 radical (unpaired) electrons. The molecule has 0 amide bonds. The van der Waals surface area contributed by atoms with Gasteiger partial charge in [0.05, 0.1) is 18.9 Å². The van der Waals surface area contributed by atoms with Crippen molar-refractivity contribution in [1.82, 2.24) is 15.2 Å². The standard InChI is InChI=1S/C12H19N3O.ClH.Mn.H2/c1-2-4-14-12(3-1)11-13-5-6-15-7-9-16-10-8-15;;;/h1-4,13H,5-11H2;1H;;1H/p-1. The van der Waals surface area contributed by atoms with Crippen molar-refractivity contribution in [2.45, 2.75) is 6.54 Å². The predicted molar refractivity (Wildman–Crippen MR) is 65.3 cm³/mol. The van der Waals surface area contributed by atoms with Gasteiger partial charge in [0.15, 0.2) is 0 Å². The van der Waals surface area contributed by atoms with E-state index >= 15 is 0 Å². The van der Waals surface area contributed by atoms with E-state index in [1.165, 1.54) is 0 Å². The molecule has 0 saturated carbocycles. The molecule has 0 bridgehead atoms. The third-order valence-electron chi connectivity index (χ3n) is 2.74. The van der Waals surface area contributed by atoms with Crippen molar-refractivity contribution < 1.29 is 35.6 Å². The van der Waals surface area contributed by atoms with Gasteiger partial charge in [-0.3, -0.25) is 9.88 Å². The van der Waals surface area contributed by atoms with Crippen molar-refractivity contribution in [3.63, 3.8) is 0 Å². The Morgan fingerprint density at radius 3 is 2.78 bits per heavy atom. The van der Waals surface area contributed by atoms with E-state index in [1.807, 2.05) is 24.4 Å². The average Bonchev–Trinajstić information content (AvgIpc) is 2.37. The maximum atomic E-state index is 5.30. The van der Waals surface area contributed by atoms with E-state index in [9.17, 15) is 0 Å². The number of pyridine rings is 1. The summed E-state index contributed by atoms with van der Waals surface area (Å²) in [4.78, 5) is 6.69. The Hall–Kier alpha value is -0.161. The molecule has 1 aliphatic rings. The second kappa shape index (κ2) is 10.7. The van der Waals surface area contributed by atoms with Crippen LogP contribution in [0.2, 0.25) is 0 Å². The van der Waals surface area contributed by atoms with E-state index in [2.05, 4.69) is 15.2 Å². The number of rotatable bonds is 5. The van der Waals surface area contributed by atoms with Crippen LogP contribution in [0.4, 0.5) is 0 Å². The van der Waals surface area contributed by atoms with E-state index < -0.39 is 0 Å². The van der Waals surface area contributed by atoms with Crippen LogP contribution in [0.25, 0.3) is 0 Å². The van der Waals surface area contributed by atoms with Gasteiger partial charge in [0.2, 0.25) is 0 Å². The second-order valence-corrected chi connectivity index (χ2v) is 3.95. The van der Waals surface area contributed by atoms with E-state index in [4.69, 9.17) is 4.74 Å². The van der Waals surface area contributed by atoms with Crippen molar-refractivity contribution in [3.8, 4) is 0 Å². The van der Waals surface area contributed by atoms with Crippen molar-refractivity contribution >= 4 is 0 Å². The molecule has 0 atom stereocenters. The number of aromatic nitrogens is 1. The fourth-order valence-corrected chi connectivity index (χ4v) is 1.78. The van der Waals surface area contributed by atoms with Gasteiger partial charge in [-0.2, -0.15) is 0 Å². The Balaban J connectivity index is 0. The normalized spacial score (nSPS) is 15.6. The van der Waals surface area contributed by atoms with Crippen LogP contribution < -0.4 is 17.7 Å². The molecule has 0 aromatic carbocycles. The Bertz CT molecular complexity index is 302. The Labute approximate surface area is 127 Å². The van der Waals surface area contributed by atoms with E-state index in [1.54, 1.807) is 0 Å². The third kappa shape index (κ3) is 6.69. The topological polar surface area (TPSA) is 37.4 Å². The smallest absolute Gasteiger partial charge is 0.0594 e. The van der Waals surface area contributed by atoms with E-state index in [-0.39, 0.29) is 30.9 Å². The molecule has 0 spiro atoms. The summed E-state index contributed by atoms with van der Waals surface area (Å²) in [5, 5.41) is 3.40. The van der Waals surface area contributed by atoms with Crippen molar-refractivity contribution in [1.29, 1.82) is 0 Å². The zero-order chi connectivity index (χ0) is 11.1. The summed E-state index contributed by atoms with van der Waals surface area (Å²) in [6.45, 7) is 6.83. The molecule has 1 aromatic rings. The minimum absolute atomic E-state index is 0.